The van der Waals surface area contributed by atoms with E-state index >= 15 is 0 Å². The van der Waals surface area contributed by atoms with Gasteiger partial charge in [0.05, 0.1) is 17.7 Å². The highest BCUT2D eigenvalue weighted by molar-refractivity contribution is 8.00. The minimum Gasteiger partial charge on any atom is -0.395 e. The largest absolute Gasteiger partial charge is 0.395 e. The molecule has 0 atom stereocenters. The Morgan fingerprint density at radius 3 is 3.05 bits per heavy atom. The first-order chi connectivity index (χ1) is 9.71. The highest BCUT2D eigenvalue weighted by Crippen LogP contribution is 2.46. The summed E-state index contributed by atoms with van der Waals surface area (Å²) in [6.45, 7) is 0.712. The van der Waals surface area contributed by atoms with E-state index < -0.39 is 0 Å². The quantitative estimate of drug-likeness (QED) is 0.806. The summed E-state index contributed by atoms with van der Waals surface area (Å²) in [7, 11) is 0. The third kappa shape index (κ3) is 3.75. The van der Waals surface area contributed by atoms with Crippen LogP contribution in [0.15, 0.2) is 18.5 Å². The van der Waals surface area contributed by atoms with E-state index in [1.165, 1.54) is 0 Å². The molecule has 1 amide bonds. The van der Waals surface area contributed by atoms with Crippen LogP contribution in [0.4, 0.5) is 0 Å². The summed E-state index contributed by atoms with van der Waals surface area (Å²) in [6, 6.07) is 1.68. The molecule has 1 heterocycles. The molecule has 4 nitrogen and oxygen atoms in total. The molecule has 5 heteroatoms. The molecule has 2 N–H and O–H groups in total. The Morgan fingerprint density at radius 1 is 1.60 bits per heavy atom. The second-order valence-corrected chi connectivity index (χ2v) is 6.04. The molecule has 0 spiro atoms. The lowest BCUT2D eigenvalue weighted by Gasteiger charge is -2.13. The maximum Gasteiger partial charge on any atom is 0.252 e. The van der Waals surface area contributed by atoms with Crippen molar-refractivity contribution in [3.63, 3.8) is 0 Å². The highest BCUT2D eigenvalue weighted by Gasteiger charge is 2.42. The van der Waals surface area contributed by atoms with E-state index in [1.807, 2.05) is 11.8 Å². The van der Waals surface area contributed by atoms with Crippen molar-refractivity contribution < 1.29 is 9.90 Å². The van der Waals surface area contributed by atoms with Crippen molar-refractivity contribution in [2.24, 2.45) is 0 Å². The molecule has 1 aromatic heterocycles. The number of hydrogen-bond acceptors (Lipinski definition) is 4. The first-order valence-electron chi connectivity index (χ1n) is 6.58. The number of nitrogens with zero attached hydrogens (tertiary/aromatic N) is 1. The van der Waals surface area contributed by atoms with Gasteiger partial charge in [0.1, 0.15) is 0 Å². The lowest BCUT2D eigenvalue weighted by molar-refractivity contribution is 0.0952. The number of nitrogens with one attached hydrogen (secondary N) is 1. The third-order valence-corrected chi connectivity index (χ3v) is 4.76. The molecular formula is C15H18N2O2S. The van der Waals surface area contributed by atoms with Crippen LogP contribution < -0.4 is 5.32 Å². The number of hydrogen-bond donors (Lipinski definition) is 2. The average molecular weight is 290 g/mol. The first kappa shape index (κ1) is 14.9. The molecule has 2 rings (SSSR count). The van der Waals surface area contributed by atoms with Crippen LogP contribution in [0.25, 0.3) is 0 Å². The summed E-state index contributed by atoms with van der Waals surface area (Å²) in [6.07, 6.45) is 7.97. The van der Waals surface area contributed by atoms with E-state index in [0.29, 0.717) is 24.1 Å². The van der Waals surface area contributed by atoms with Crippen molar-refractivity contribution in [1.29, 1.82) is 0 Å². The zero-order valence-corrected chi connectivity index (χ0v) is 12.3. The molecule has 20 heavy (non-hydrogen) atoms. The molecule has 0 aliphatic heterocycles. The summed E-state index contributed by atoms with van der Waals surface area (Å²) >= 11 is 1.81. The molecule has 1 aromatic rings. The molecule has 1 aliphatic rings. The number of rotatable bonds is 5. The highest BCUT2D eigenvalue weighted by atomic mass is 32.2. The Kier molecular flexibility index (Phi) is 5.05. The summed E-state index contributed by atoms with van der Waals surface area (Å²) < 4.78 is 0.241. The van der Waals surface area contributed by atoms with Crippen molar-refractivity contribution in [1.82, 2.24) is 10.3 Å². The van der Waals surface area contributed by atoms with E-state index in [9.17, 15) is 4.79 Å². The standard InChI is InChI=1S/C15H18N2O2S/c1-20-15(6-7-15)11-17-14(19)13-5-8-16-10-12(13)4-2-3-9-18/h5,8,10,18H,3,6-7,9,11H2,1H3,(H,17,19). The Balaban J connectivity index is 2.04. The van der Waals surface area contributed by atoms with Crippen LogP contribution in [0, 0.1) is 11.8 Å². The fourth-order valence-electron chi connectivity index (χ4n) is 1.83. The number of pyridine rings is 1. The number of aliphatic hydroxyl groups excluding tert-OH is 1. The van der Waals surface area contributed by atoms with Crippen molar-refractivity contribution in [3.8, 4) is 11.8 Å². The molecule has 1 aliphatic carbocycles. The molecule has 0 aromatic carbocycles. The fourth-order valence-corrected chi connectivity index (χ4v) is 2.56. The molecule has 0 unspecified atom stereocenters. The van der Waals surface area contributed by atoms with Gasteiger partial charge in [0.15, 0.2) is 0 Å². The van der Waals surface area contributed by atoms with E-state index in [-0.39, 0.29) is 17.3 Å². The number of thioether (sulfide) groups is 1. The average Bonchev–Trinajstić information content (AvgIpc) is 3.26. The first-order valence-corrected chi connectivity index (χ1v) is 7.80. The van der Waals surface area contributed by atoms with Crippen LogP contribution in [0.5, 0.6) is 0 Å². The molecule has 0 radical (unpaired) electrons. The number of aliphatic hydroxyl groups is 1. The molecule has 106 valence electrons. The van der Waals surface area contributed by atoms with Crippen LogP contribution in [-0.2, 0) is 0 Å². The molecule has 0 saturated heterocycles. The van der Waals surface area contributed by atoms with Crippen LogP contribution in [0.3, 0.4) is 0 Å². The van der Waals surface area contributed by atoms with Crippen LogP contribution in [0.2, 0.25) is 0 Å². The summed E-state index contributed by atoms with van der Waals surface area (Å²) in [5.74, 6) is 5.59. The van der Waals surface area contributed by atoms with Crippen molar-refractivity contribution >= 4 is 17.7 Å². The minimum atomic E-state index is -0.110. The Morgan fingerprint density at radius 2 is 2.40 bits per heavy atom. The van der Waals surface area contributed by atoms with Crippen LogP contribution >= 0.6 is 11.8 Å². The van der Waals surface area contributed by atoms with Crippen molar-refractivity contribution in [2.75, 3.05) is 19.4 Å². The minimum absolute atomic E-state index is 0.0189. The third-order valence-electron chi connectivity index (χ3n) is 3.34. The maximum absolute atomic E-state index is 12.2. The van der Waals surface area contributed by atoms with Crippen molar-refractivity contribution in [2.45, 2.75) is 24.0 Å². The topological polar surface area (TPSA) is 62.2 Å². The van der Waals surface area contributed by atoms with Gasteiger partial charge in [-0.1, -0.05) is 11.8 Å². The summed E-state index contributed by atoms with van der Waals surface area (Å²) in [5.41, 5.74) is 1.15. The van der Waals surface area contributed by atoms with Gasteiger partial charge < -0.3 is 10.4 Å². The predicted molar refractivity (Wildman–Crippen MR) is 80.6 cm³/mol. The van der Waals surface area contributed by atoms with Gasteiger partial charge in [0.2, 0.25) is 0 Å². The van der Waals surface area contributed by atoms with Gasteiger partial charge >= 0.3 is 0 Å². The van der Waals surface area contributed by atoms with E-state index in [1.54, 1.807) is 18.5 Å². The molecule has 0 bridgehead atoms. The molecular weight excluding hydrogens is 272 g/mol. The second-order valence-electron chi connectivity index (χ2n) is 4.77. The van der Waals surface area contributed by atoms with Gasteiger partial charge in [-0.2, -0.15) is 11.8 Å². The predicted octanol–water partition coefficient (Wildman–Crippen LogP) is 1.44. The monoisotopic (exact) mass is 290 g/mol. The zero-order chi connectivity index (χ0) is 14.4. The summed E-state index contributed by atoms with van der Waals surface area (Å²) in [4.78, 5) is 16.2. The molecule has 1 fully saturated rings. The SMILES string of the molecule is CSC1(CNC(=O)c2ccncc2C#CCCO)CC1. The number of aromatic nitrogens is 1. The normalized spacial score (nSPS) is 15.1. The summed E-state index contributed by atoms with van der Waals surface area (Å²) in [5, 5.41) is 11.7. The van der Waals surface area contributed by atoms with Gasteiger partial charge in [-0.25, -0.2) is 0 Å². The van der Waals surface area contributed by atoms with E-state index in [4.69, 9.17) is 5.11 Å². The number of amides is 1. The van der Waals surface area contributed by atoms with Gasteiger partial charge in [-0.3, -0.25) is 9.78 Å². The van der Waals surface area contributed by atoms with Gasteiger partial charge in [-0.05, 0) is 25.2 Å². The number of carbonyl (C=O) groups excluding carboxylic acids is 1. The zero-order valence-electron chi connectivity index (χ0n) is 11.5. The Labute approximate surface area is 123 Å². The van der Waals surface area contributed by atoms with Crippen LogP contribution in [-0.4, -0.2) is 40.2 Å². The van der Waals surface area contributed by atoms with Crippen LogP contribution in [0.1, 0.15) is 35.2 Å². The molecule has 1 saturated carbocycles. The van der Waals surface area contributed by atoms with Gasteiger partial charge in [0, 0.05) is 30.1 Å². The lowest BCUT2D eigenvalue weighted by Crippen LogP contribution is -2.32. The van der Waals surface area contributed by atoms with E-state index in [0.717, 1.165) is 12.8 Å². The maximum atomic E-state index is 12.2. The second kappa shape index (κ2) is 6.78. The number of carbonyl (C=O) groups is 1. The van der Waals surface area contributed by atoms with Crippen molar-refractivity contribution in [3.05, 3.63) is 29.6 Å². The smallest absolute Gasteiger partial charge is 0.252 e. The Hall–Kier alpha value is -1.51. The fraction of sp³-hybridized carbons (Fsp3) is 0.467. The van der Waals surface area contributed by atoms with E-state index in [2.05, 4.69) is 28.4 Å². The lowest BCUT2D eigenvalue weighted by atomic mass is 10.1. The Bertz CT molecular complexity index is 544. The van der Waals surface area contributed by atoms with Gasteiger partial charge in [0.25, 0.3) is 5.91 Å². The van der Waals surface area contributed by atoms with Gasteiger partial charge in [-0.15, -0.1) is 0 Å².